The molecular formula is C15H24ClIN2O. The normalized spacial score (nSPS) is 17.4. The molecule has 1 aromatic rings. The second-order valence-corrected chi connectivity index (χ2v) is 4.35. The lowest BCUT2D eigenvalue weighted by Gasteiger charge is -2.19. The number of rotatable bonds is 3. The highest BCUT2D eigenvalue weighted by atomic mass is 127. The van der Waals surface area contributed by atoms with Gasteiger partial charge in [-0.25, -0.2) is 0 Å². The van der Waals surface area contributed by atoms with Gasteiger partial charge in [0, 0.05) is 24.5 Å². The van der Waals surface area contributed by atoms with E-state index < -0.39 is 0 Å². The fourth-order valence-electron chi connectivity index (χ4n) is 2.14. The Labute approximate surface area is 141 Å². The van der Waals surface area contributed by atoms with Crippen LogP contribution in [0.5, 0.6) is 0 Å². The van der Waals surface area contributed by atoms with E-state index in [4.69, 9.17) is 0 Å². The number of benzene rings is 1. The van der Waals surface area contributed by atoms with Crippen molar-refractivity contribution in [1.29, 1.82) is 0 Å². The van der Waals surface area contributed by atoms with Gasteiger partial charge in [0.2, 0.25) is 0 Å². The van der Waals surface area contributed by atoms with Gasteiger partial charge in [-0.2, -0.15) is 0 Å². The molecule has 1 heterocycles. The maximum Gasteiger partial charge on any atom is 0.251 e. The van der Waals surface area contributed by atoms with Crippen LogP contribution in [-0.2, 0) is 0 Å². The molecule has 20 heavy (non-hydrogen) atoms. The first-order valence-corrected chi connectivity index (χ1v) is 9.48. The molecule has 0 aromatic heterocycles. The number of nitrogens with zero attached hydrogens (tertiary/aromatic N) is 1. The monoisotopic (exact) mass is 410 g/mol. The Balaban J connectivity index is 0.000000829. The molecule has 1 aromatic carbocycles. The van der Waals surface area contributed by atoms with Crippen LogP contribution in [0.2, 0.25) is 0 Å². The molecule has 0 aliphatic carbocycles. The third kappa shape index (κ3) is 6.90. The van der Waals surface area contributed by atoms with E-state index in [0.29, 0.717) is 6.04 Å². The third-order valence-corrected chi connectivity index (χ3v) is 3.21. The van der Waals surface area contributed by atoms with E-state index in [-0.39, 0.29) is 5.91 Å². The van der Waals surface area contributed by atoms with Gasteiger partial charge in [0.15, 0.2) is 0 Å². The van der Waals surface area contributed by atoms with E-state index >= 15 is 0 Å². The maximum absolute atomic E-state index is 11.8. The molecule has 1 saturated heterocycles. The molecule has 1 amide bonds. The Kier molecular flexibility index (Phi) is 12.2. The Morgan fingerprint density at radius 2 is 1.95 bits per heavy atom. The standard InChI is InChI=1S/C13H18N2O.CH3Cl.CH3I/c1-15-9-5-8-12(15)10-14-13(16)11-6-3-2-4-7-11;2*1-2/h2-4,6-7,12H,5,8-10H2,1H3,(H,14,16);2*1H3. The molecule has 5 heteroatoms. The van der Waals surface area contributed by atoms with Gasteiger partial charge in [-0.3, -0.25) is 4.79 Å². The molecule has 0 spiro atoms. The average Bonchev–Trinajstić information content (AvgIpc) is 2.95. The number of amides is 1. The molecule has 1 aliphatic heterocycles. The first kappa shape index (κ1) is 19.7. The van der Waals surface area contributed by atoms with Gasteiger partial charge in [-0.05, 0) is 43.5 Å². The molecular weight excluding hydrogens is 387 g/mol. The minimum atomic E-state index is 0.0286. The predicted octanol–water partition coefficient (Wildman–Crippen LogP) is 3.42. The highest BCUT2D eigenvalue weighted by Crippen LogP contribution is 2.13. The number of halogens is 2. The van der Waals surface area contributed by atoms with Crippen molar-refractivity contribution in [3.8, 4) is 0 Å². The van der Waals surface area contributed by atoms with E-state index in [0.717, 1.165) is 18.7 Å². The molecule has 3 nitrogen and oxygen atoms in total. The van der Waals surface area contributed by atoms with Crippen molar-refractivity contribution in [3.05, 3.63) is 35.9 Å². The van der Waals surface area contributed by atoms with Gasteiger partial charge in [0.05, 0.1) is 0 Å². The number of nitrogens with one attached hydrogen (secondary N) is 1. The molecule has 1 fully saturated rings. The summed E-state index contributed by atoms with van der Waals surface area (Å²) in [4.78, 5) is 16.1. The van der Waals surface area contributed by atoms with Crippen molar-refractivity contribution >= 4 is 40.1 Å². The Morgan fingerprint density at radius 3 is 2.45 bits per heavy atom. The van der Waals surface area contributed by atoms with Crippen LogP contribution in [0, 0.1) is 0 Å². The van der Waals surface area contributed by atoms with Gasteiger partial charge >= 0.3 is 0 Å². The average molecular weight is 411 g/mol. The SMILES string of the molecule is CCl.CI.CN1CCCC1CNC(=O)c1ccccc1. The van der Waals surface area contributed by atoms with Crippen LogP contribution in [0.3, 0.4) is 0 Å². The molecule has 114 valence electrons. The lowest BCUT2D eigenvalue weighted by molar-refractivity contribution is 0.0943. The van der Waals surface area contributed by atoms with Gasteiger partial charge in [0.1, 0.15) is 0 Å². The van der Waals surface area contributed by atoms with Crippen LogP contribution in [0.25, 0.3) is 0 Å². The van der Waals surface area contributed by atoms with E-state index in [1.54, 1.807) is 0 Å². The maximum atomic E-state index is 11.8. The zero-order valence-electron chi connectivity index (χ0n) is 12.4. The number of likely N-dealkylation sites (N-methyl/N-ethyl adjacent to an activating group) is 1. The van der Waals surface area contributed by atoms with Crippen molar-refractivity contribution in [3.63, 3.8) is 0 Å². The highest BCUT2D eigenvalue weighted by Gasteiger charge is 2.21. The third-order valence-electron chi connectivity index (χ3n) is 3.21. The van der Waals surface area contributed by atoms with Crippen LogP contribution in [0.4, 0.5) is 0 Å². The molecule has 2 rings (SSSR count). The number of alkyl halides is 2. The van der Waals surface area contributed by atoms with E-state index in [1.165, 1.54) is 19.2 Å². The second kappa shape index (κ2) is 12.4. The van der Waals surface area contributed by atoms with Crippen molar-refractivity contribution in [2.24, 2.45) is 0 Å². The number of hydrogen-bond donors (Lipinski definition) is 1. The molecule has 1 N–H and O–H groups in total. The van der Waals surface area contributed by atoms with Crippen molar-refractivity contribution < 1.29 is 4.79 Å². The minimum Gasteiger partial charge on any atom is -0.350 e. The Hall–Kier alpha value is -0.330. The zero-order chi connectivity index (χ0) is 15.4. The molecule has 1 aliphatic rings. The molecule has 0 bridgehead atoms. The smallest absolute Gasteiger partial charge is 0.251 e. The molecule has 1 unspecified atom stereocenters. The summed E-state index contributed by atoms with van der Waals surface area (Å²) in [5, 5.41) is 2.99. The van der Waals surface area contributed by atoms with E-state index in [9.17, 15) is 4.79 Å². The van der Waals surface area contributed by atoms with Crippen LogP contribution < -0.4 is 5.32 Å². The number of hydrogen-bond acceptors (Lipinski definition) is 2. The van der Waals surface area contributed by atoms with E-state index in [2.05, 4.69) is 51.5 Å². The summed E-state index contributed by atoms with van der Waals surface area (Å²) < 4.78 is 0. The molecule has 0 saturated carbocycles. The summed E-state index contributed by atoms with van der Waals surface area (Å²) in [5.41, 5.74) is 0.739. The van der Waals surface area contributed by atoms with Gasteiger partial charge in [0.25, 0.3) is 5.91 Å². The summed E-state index contributed by atoms with van der Waals surface area (Å²) in [6, 6.07) is 9.88. The van der Waals surface area contributed by atoms with Crippen LogP contribution in [0.1, 0.15) is 23.2 Å². The minimum absolute atomic E-state index is 0.0286. The number of carbonyl (C=O) groups excluding carboxylic acids is 1. The fraction of sp³-hybridized carbons (Fsp3) is 0.533. The Morgan fingerprint density at radius 1 is 1.35 bits per heavy atom. The quantitative estimate of drug-likeness (QED) is 0.612. The Bertz CT molecular complexity index is 362. The van der Waals surface area contributed by atoms with E-state index in [1.807, 2.05) is 35.3 Å². The topological polar surface area (TPSA) is 32.3 Å². The largest absolute Gasteiger partial charge is 0.350 e. The van der Waals surface area contributed by atoms with Crippen molar-refractivity contribution in [2.75, 3.05) is 31.5 Å². The lowest BCUT2D eigenvalue weighted by Crippen LogP contribution is -2.38. The van der Waals surface area contributed by atoms with Gasteiger partial charge in [-0.15, -0.1) is 11.6 Å². The van der Waals surface area contributed by atoms with Crippen molar-refractivity contribution in [2.45, 2.75) is 18.9 Å². The molecule has 0 radical (unpaired) electrons. The van der Waals surface area contributed by atoms with Crippen LogP contribution in [-0.4, -0.2) is 48.3 Å². The summed E-state index contributed by atoms with van der Waals surface area (Å²) in [6.45, 7) is 1.90. The van der Waals surface area contributed by atoms with Crippen molar-refractivity contribution in [1.82, 2.24) is 10.2 Å². The number of likely N-dealkylation sites (tertiary alicyclic amines) is 1. The zero-order valence-corrected chi connectivity index (χ0v) is 15.3. The first-order chi connectivity index (χ1) is 9.77. The predicted molar refractivity (Wildman–Crippen MR) is 96.1 cm³/mol. The summed E-state index contributed by atoms with van der Waals surface area (Å²) in [7, 11) is 2.12. The van der Waals surface area contributed by atoms with Crippen LogP contribution >= 0.6 is 34.2 Å². The first-order valence-electron chi connectivity index (χ1n) is 6.56. The van der Waals surface area contributed by atoms with Crippen LogP contribution in [0.15, 0.2) is 30.3 Å². The number of carbonyl (C=O) groups is 1. The summed E-state index contributed by atoms with van der Waals surface area (Å²) >= 11 is 6.79. The van der Waals surface area contributed by atoms with Gasteiger partial charge in [-0.1, -0.05) is 40.8 Å². The summed E-state index contributed by atoms with van der Waals surface area (Å²) in [6.07, 6.45) is 3.90. The fourth-order valence-corrected chi connectivity index (χ4v) is 2.14. The second-order valence-electron chi connectivity index (χ2n) is 4.35. The van der Waals surface area contributed by atoms with Gasteiger partial charge < -0.3 is 10.2 Å². The lowest BCUT2D eigenvalue weighted by atomic mass is 10.2. The summed E-state index contributed by atoms with van der Waals surface area (Å²) in [5.74, 6) is 0.0286. The highest BCUT2D eigenvalue weighted by molar-refractivity contribution is 14.1. The molecule has 1 atom stereocenters.